The van der Waals surface area contributed by atoms with E-state index in [1.165, 1.54) is 5.56 Å². The fourth-order valence-corrected chi connectivity index (χ4v) is 1.58. The molecular weight excluding hydrogens is 186 g/mol. The van der Waals surface area contributed by atoms with E-state index in [0.717, 1.165) is 5.69 Å². The van der Waals surface area contributed by atoms with Crippen molar-refractivity contribution in [1.82, 2.24) is 0 Å². The number of carbonyl (C=O) groups is 1. The van der Waals surface area contributed by atoms with Gasteiger partial charge >= 0.3 is 0 Å². The minimum Gasteiger partial charge on any atom is -0.365 e. The van der Waals surface area contributed by atoms with Crippen LogP contribution in [0.15, 0.2) is 24.3 Å². The fourth-order valence-electron chi connectivity index (χ4n) is 1.58. The molecule has 0 saturated carbocycles. The number of nitrogens with zero attached hydrogens (tertiary/aromatic N) is 1. The van der Waals surface area contributed by atoms with E-state index in [4.69, 9.17) is 0 Å². The molecule has 1 atom stereocenters. The maximum atomic E-state index is 11.6. The number of hydrogen-bond acceptors (Lipinski definition) is 2. The Kier molecular flexibility index (Phi) is 3.89. The third kappa shape index (κ3) is 2.82. The van der Waals surface area contributed by atoms with Crippen molar-refractivity contribution in [2.24, 2.45) is 0 Å². The van der Waals surface area contributed by atoms with Gasteiger partial charge in [-0.25, -0.2) is 0 Å². The van der Waals surface area contributed by atoms with Crippen LogP contribution < -0.4 is 4.90 Å². The van der Waals surface area contributed by atoms with Crippen molar-refractivity contribution in [1.29, 1.82) is 0 Å². The molecule has 0 radical (unpaired) electrons. The third-order valence-electron chi connectivity index (χ3n) is 2.80. The summed E-state index contributed by atoms with van der Waals surface area (Å²) in [6.07, 6.45) is 0.595. The third-order valence-corrected chi connectivity index (χ3v) is 2.80. The molecule has 0 fully saturated rings. The van der Waals surface area contributed by atoms with Gasteiger partial charge in [0.05, 0.1) is 6.04 Å². The molecule has 0 saturated heterocycles. The van der Waals surface area contributed by atoms with Crippen molar-refractivity contribution in [2.75, 3.05) is 11.9 Å². The number of carbonyl (C=O) groups excluding carboxylic acids is 1. The van der Waals surface area contributed by atoms with Gasteiger partial charge in [-0.1, -0.05) is 19.1 Å². The zero-order valence-electron chi connectivity index (χ0n) is 9.95. The Morgan fingerprint density at radius 2 is 2.13 bits per heavy atom. The summed E-state index contributed by atoms with van der Waals surface area (Å²) in [6, 6.07) is 8.16. The minimum absolute atomic E-state index is 0.0446. The lowest BCUT2D eigenvalue weighted by molar-refractivity contribution is -0.119. The van der Waals surface area contributed by atoms with Crippen LogP contribution in [-0.2, 0) is 4.79 Å². The molecule has 15 heavy (non-hydrogen) atoms. The van der Waals surface area contributed by atoms with Gasteiger partial charge in [-0.05, 0) is 31.5 Å². The minimum atomic E-state index is -0.0446. The van der Waals surface area contributed by atoms with E-state index in [1.54, 1.807) is 0 Å². The second-order valence-electron chi connectivity index (χ2n) is 3.95. The van der Waals surface area contributed by atoms with Crippen molar-refractivity contribution < 1.29 is 4.79 Å². The smallest absolute Gasteiger partial charge is 0.154 e. The standard InChI is InChI=1S/C13H19NO/c1-5-13(15)11(3)14(4)12-8-6-7-10(2)9-12/h6-9,11H,5H2,1-4H3. The van der Waals surface area contributed by atoms with Gasteiger partial charge < -0.3 is 4.90 Å². The maximum absolute atomic E-state index is 11.6. The zero-order valence-corrected chi connectivity index (χ0v) is 9.95. The predicted octanol–water partition coefficient (Wildman–Crippen LogP) is 2.80. The zero-order chi connectivity index (χ0) is 11.4. The first kappa shape index (κ1) is 11.8. The van der Waals surface area contributed by atoms with E-state index in [1.807, 2.05) is 37.9 Å². The second-order valence-corrected chi connectivity index (χ2v) is 3.95. The molecule has 2 nitrogen and oxygen atoms in total. The Hall–Kier alpha value is -1.31. The van der Waals surface area contributed by atoms with Crippen LogP contribution in [-0.4, -0.2) is 18.9 Å². The molecule has 0 aliphatic carbocycles. The Morgan fingerprint density at radius 3 is 2.67 bits per heavy atom. The summed E-state index contributed by atoms with van der Waals surface area (Å²) < 4.78 is 0. The Labute approximate surface area is 91.9 Å². The van der Waals surface area contributed by atoms with Gasteiger partial charge in [0.1, 0.15) is 0 Å². The molecule has 0 aliphatic heterocycles. The van der Waals surface area contributed by atoms with E-state index in [2.05, 4.69) is 19.1 Å². The summed E-state index contributed by atoms with van der Waals surface area (Å²) in [4.78, 5) is 13.6. The predicted molar refractivity (Wildman–Crippen MR) is 64.3 cm³/mol. The number of benzene rings is 1. The molecule has 82 valence electrons. The van der Waals surface area contributed by atoms with E-state index >= 15 is 0 Å². The summed E-state index contributed by atoms with van der Waals surface area (Å²) in [5.41, 5.74) is 2.32. The SMILES string of the molecule is CCC(=O)C(C)N(C)c1cccc(C)c1. The lowest BCUT2D eigenvalue weighted by atomic mass is 10.1. The number of rotatable bonds is 4. The molecule has 0 spiro atoms. The van der Waals surface area contributed by atoms with Crippen LogP contribution in [0.2, 0.25) is 0 Å². The molecular formula is C13H19NO. The first-order chi connectivity index (χ1) is 7.06. The van der Waals surface area contributed by atoms with Crippen molar-refractivity contribution in [3.05, 3.63) is 29.8 Å². The largest absolute Gasteiger partial charge is 0.365 e. The summed E-state index contributed by atoms with van der Waals surface area (Å²) in [7, 11) is 1.97. The van der Waals surface area contributed by atoms with Gasteiger partial charge in [0.15, 0.2) is 5.78 Å². The Morgan fingerprint density at radius 1 is 1.47 bits per heavy atom. The molecule has 1 aromatic rings. The van der Waals surface area contributed by atoms with Crippen LogP contribution in [0.3, 0.4) is 0 Å². The molecule has 2 heteroatoms. The fraction of sp³-hybridized carbons (Fsp3) is 0.462. The molecule has 1 rings (SSSR count). The van der Waals surface area contributed by atoms with E-state index in [9.17, 15) is 4.79 Å². The van der Waals surface area contributed by atoms with Gasteiger partial charge in [-0.3, -0.25) is 4.79 Å². The first-order valence-corrected chi connectivity index (χ1v) is 5.38. The summed E-state index contributed by atoms with van der Waals surface area (Å²) in [5.74, 6) is 0.277. The highest BCUT2D eigenvalue weighted by Crippen LogP contribution is 2.17. The van der Waals surface area contributed by atoms with Gasteiger partial charge in [0.25, 0.3) is 0 Å². The van der Waals surface area contributed by atoms with Crippen molar-refractivity contribution in [2.45, 2.75) is 33.2 Å². The quantitative estimate of drug-likeness (QED) is 0.753. The molecule has 0 N–H and O–H groups in total. The van der Waals surface area contributed by atoms with Crippen LogP contribution in [0.1, 0.15) is 25.8 Å². The lowest BCUT2D eigenvalue weighted by Gasteiger charge is -2.25. The van der Waals surface area contributed by atoms with Crippen LogP contribution in [0, 0.1) is 6.92 Å². The molecule has 0 bridgehead atoms. The topological polar surface area (TPSA) is 20.3 Å². The first-order valence-electron chi connectivity index (χ1n) is 5.38. The number of hydrogen-bond donors (Lipinski definition) is 0. The number of Topliss-reactive ketones (excluding diaryl/α,β-unsaturated/α-hetero) is 1. The van der Waals surface area contributed by atoms with Crippen LogP contribution in [0.25, 0.3) is 0 Å². The van der Waals surface area contributed by atoms with E-state index < -0.39 is 0 Å². The summed E-state index contributed by atoms with van der Waals surface area (Å²) in [5, 5.41) is 0. The van der Waals surface area contributed by atoms with E-state index in [0.29, 0.717) is 6.42 Å². The average molecular weight is 205 g/mol. The number of aryl methyl sites for hydroxylation is 1. The highest BCUT2D eigenvalue weighted by Gasteiger charge is 2.16. The molecule has 0 heterocycles. The molecule has 0 aliphatic rings. The van der Waals surface area contributed by atoms with Gasteiger partial charge in [0.2, 0.25) is 0 Å². The highest BCUT2D eigenvalue weighted by molar-refractivity contribution is 5.86. The molecule has 0 aromatic heterocycles. The molecule has 0 amide bonds. The van der Waals surface area contributed by atoms with Gasteiger partial charge in [0, 0.05) is 19.2 Å². The van der Waals surface area contributed by atoms with Crippen molar-refractivity contribution in [3.8, 4) is 0 Å². The number of anilines is 1. The highest BCUT2D eigenvalue weighted by atomic mass is 16.1. The monoisotopic (exact) mass is 205 g/mol. The van der Waals surface area contributed by atoms with Crippen LogP contribution in [0.4, 0.5) is 5.69 Å². The second kappa shape index (κ2) is 4.96. The normalized spacial score (nSPS) is 12.3. The van der Waals surface area contributed by atoms with E-state index in [-0.39, 0.29) is 11.8 Å². The maximum Gasteiger partial charge on any atom is 0.154 e. The molecule has 1 aromatic carbocycles. The van der Waals surface area contributed by atoms with Crippen LogP contribution >= 0.6 is 0 Å². The van der Waals surface area contributed by atoms with Gasteiger partial charge in [-0.2, -0.15) is 0 Å². The average Bonchev–Trinajstić information content (AvgIpc) is 2.26. The lowest BCUT2D eigenvalue weighted by Crippen LogP contribution is -2.35. The van der Waals surface area contributed by atoms with Crippen molar-refractivity contribution in [3.63, 3.8) is 0 Å². The van der Waals surface area contributed by atoms with Crippen LogP contribution in [0.5, 0.6) is 0 Å². The summed E-state index contributed by atoms with van der Waals surface area (Å²) in [6.45, 7) is 5.92. The van der Waals surface area contributed by atoms with Crippen molar-refractivity contribution >= 4 is 11.5 Å². The van der Waals surface area contributed by atoms with Gasteiger partial charge in [-0.15, -0.1) is 0 Å². The Bertz CT molecular complexity index is 346. The Balaban J connectivity index is 2.84. The molecule has 1 unspecified atom stereocenters. The summed E-state index contributed by atoms with van der Waals surface area (Å²) >= 11 is 0. The number of ketones is 1. The number of likely N-dealkylation sites (N-methyl/N-ethyl adjacent to an activating group) is 1.